The van der Waals surface area contributed by atoms with Crippen molar-refractivity contribution in [2.45, 2.75) is 18.9 Å². The number of carbonyl (C=O) groups excluding carboxylic acids is 1. The lowest BCUT2D eigenvalue weighted by Crippen LogP contribution is -2.43. The van der Waals surface area contributed by atoms with Crippen LogP contribution in [0.3, 0.4) is 0 Å². The van der Waals surface area contributed by atoms with Crippen LogP contribution in [0, 0.1) is 0 Å². The predicted molar refractivity (Wildman–Crippen MR) is 118 cm³/mol. The maximum atomic E-state index is 12.7. The molecule has 3 aromatic heterocycles. The summed E-state index contributed by atoms with van der Waals surface area (Å²) in [5.74, 6) is -0.405. The standard InChI is InChI=1S/C18H20BrN7O2.ClH/c1-25-9-13(21-7-14(25)27)18(28)24-12-6-23-17-15(12)16(11(19)5-22-17)26-4-2-3-10(20)8-26;/h5-7,9-10H,2-4,8,20H2,1H3,(H,22,23)(H,24,28);1H/t10-;/m1./s1. The Morgan fingerprint density at radius 3 is 2.90 bits per heavy atom. The predicted octanol–water partition coefficient (Wildman–Crippen LogP) is 2.02. The molecule has 1 amide bonds. The van der Waals surface area contributed by atoms with E-state index in [-0.39, 0.29) is 29.7 Å². The van der Waals surface area contributed by atoms with Crippen LogP contribution in [-0.2, 0) is 7.05 Å². The van der Waals surface area contributed by atoms with Crippen molar-refractivity contribution in [1.82, 2.24) is 19.5 Å². The molecule has 0 aliphatic carbocycles. The van der Waals surface area contributed by atoms with E-state index in [1.807, 2.05) is 0 Å². The molecule has 3 aromatic rings. The number of nitrogens with two attached hydrogens (primary N) is 1. The minimum absolute atomic E-state index is 0. The summed E-state index contributed by atoms with van der Waals surface area (Å²) in [5, 5.41) is 3.69. The first-order valence-electron chi connectivity index (χ1n) is 8.94. The molecule has 0 radical (unpaired) electrons. The van der Waals surface area contributed by atoms with E-state index in [1.165, 1.54) is 10.8 Å². The molecule has 0 bridgehead atoms. The van der Waals surface area contributed by atoms with Crippen molar-refractivity contribution in [3.8, 4) is 0 Å². The van der Waals surface area contributed by atoms with Crippen LogP contribution in [0.2, 0.25) is 0 Å². The van der Waals surface area contributed by atoms with Gasteiger partial charge in [0.1, 0.15) is 11.3 Å². The largest absolute Gasteiger partial charge is 0.368 e. The van der Waals surface area contributed by atoms with Gasteiger partial charge in [-0.2, -0.15) is 0 Å². The van der Waals surface area contributed by atoms with Gasteiger partial charge < -0.3 is 25.5 Å². The summed E-state index contributed by atoms with van der Waals surface area (Å²) in [4.78, 5) is 37.8. The normalized spacial score (nSPS) is 16.5. The average Bonchev–Trinajstić information content (AvgIpc) is 3.06. The van der Waals surface area contributed by atoms with E-state index in [9.17, 15) is 9.59 Å². The lowest BCUT2D eigenvalue weighted by atomic mass is 10.1. The van der Waals surface area contributed by atoms with Gasteiger partial charge in [-0.05, 0) is 28.8 Å². The smallest absolute Gasteiger partial charge is 0.275 e. The van der Waals surface area contributed by atoms with Crippen LogP contribution < -0.4 is 21.5 Å². The number of nitrogens with one attached hydrogen (secondary N) is 2. The maximum absolute atomic E-state index is 12.7. The van der Waals surface area contributed by atoms with Crippen molar-refractivity contribution in [3.63, 3.8) is 0 Å². The molecule has 1 fully saturated rings. The monoisotopic (exact) mass is 481 g/mol. The third kappa shape index (κ3) is 4.14. The van der Waals surface area contributed by atoms with Crippen LogP contribution in [-0.4, -0.2) is 44.6 Å². The van der Waals surface area contributed by atoms with Gasteiger partial charge in [0.15, 0.2) is 0 Å². The number of amides is 1. The number of pyridine rings is 1. The maximum Gasteiger partial charge on any atom is 0.275 e. The van der Waals surface area contributed by atoms with Gasteiger partial charge in [-0.3, -0.25) is 9.59 Å². The number of aromatic amines is 1. The number of aromatic nitrogens is 4. The fraction of sp³-hybridized carbons (Fsp3) is 0.333. The molecule has 0 saturated carbocycles. The van der Waals surface area contributed by atoms with E-state index in [0.717, 1.165) is 47.7 Å². The molecule has 1 aliphatic heterocycles. The number of halogens is 2. The first-order valence-corrected chi connectivity index (χ1v) is 9.73. The molecule has 4 N–H and O–H groups in total. The molecule has 154 valence electrons. The molecule has 0 aromatic carbocycles. The molecule has 1 saturated heterocycles. The highest BCUT2D eigenvalue weighted by atomic mass is 79.9. The fourth-order valence-corrected chi connectivity index (χ4v) is 4.03. The van der Waals surface area contributed by atoms with E-state index in [1.54, 1.807) is 19.4 Å². The molecule has 11 heteroatoms. The highest BCUT2D eigenvalue weighted by Crippen LogP contribution is 2.38. The van der Waals surface area contributed by atoms with Crippen molar-refractivity contribution in [2.24, 2.45) is 12.8 Å². The minimum Gasteiger partial charge on any atom is -0.368 e. The van der Waals surface area contributed by atoms with E-state index in [0.29, 0.717) is 11.3 Å². The number of anilines is 2. The van der Waals surface area contributed by atoms with Gasteiger partial charge in [-0.1, -0.05) is 0 Å². The third-order valence-electron chi connectivity index (χ3n) is 4.86. The first kappa shape index (κ1) is 21.3. The van der Waals surface area contributed by atoms with Crippen LogP contribution in [0.5, 0.6) is 0 Å². The summed E-state index contributed by atoms with van der Waals surface area (Å²) >= 11 is 3.60. The minimum atomic E-state index is -0.405. The molecule has 29 heavy (non-hydrogen) atoms. The van der Waals surface area contributed by atoms with Crippen LogP contribution in [0.4, 0.5) is 11.4 Å². The highest BCUT2D eigenvalue weighted by Gasteiger charge is 2.24. The van der Waals surface area contributed by atoms with Crippen LogP contribution >= 0.6 is 28.3 Å². The zero-order valence-electron chi connectivity index (χ0n) is 15.7. The summed E-state index contributed by atoms with van der Waals surface area (Å²) in [6, 6.07) is 0.107. The number of piperidine rings is 1. The topological polar surface area (TPSA) is 122 Å². The van der Waals surface area contributed by atoms with Gasteiger partial charge >= 0.3 is 0 Å². The van der Waals surface area contributed by atoms with Gasteiger partial charge in [0.2, 0.25) is 0 Å². The molecule has 1 aliphatic rings. The molecule has 4 rings (SSSR count). The Kier molecular flexibility index (Phi) is 6.25. The Morgan fingerprint density at radius 2 is 2.17 bits per heavy atom. The number of aryl methyl sites for hydroxylation is 1. The summed E-state index contributed by atoms with van der Waals surface area (Å²) in [6.45, 7) is 1.62. The van der Waals surface area contributed by atoms with Gasteiger partial charge in [-0.25, -0.2) is 9.97 Å². The van der Waals surface area contributed by atoms with Crippen LogP contribution in [0.15, 0.2) is 34.1 Å². The highest BCUT2D eigenvalue weighted by molar-refractivity contribution is 9.10. The van der Waals surface area contributed by atoms with Crippen molar-refractivity contribution in [1.29, 1.82) is 0 Å². The number of H-pyrrole nitrogens is 1. The molecule has 4 heterocycles. The number of rotatable bonds is 3. The quantitative estimate of drug-likeness (QED) is 0.525. The van der Waals surface area contributed by atoms with E-state index in [2.05, 4.69) is 41.1 Å². The summed E-state index contributed by atoms with van der Waals surface area (Å²) in [6.07, 6.45) is 7.99. The Hall–Kier alpha value is -2.43. The number of carbonyl (C=O) groups is 1. The number of hydrogen-bond acceptors (Lipinski definition) is 6. The van der Waals surface area contributed by atoms with E-state index < -0.39 is 5.91 Å². The molecular weight excluding hydrogens is 462 g/mol. The second-order valence-electron chi connectivity index (χ2n) is 6.90. The summed E-state index contributed by atoms with van der Waals surface area (Å²) < 4.78 is 2.15. The van der Waals surface area contributed by atoms with Crippen molar-refractivity contribution in [2.75, 3.05) is 23.3 Å². The Morgan fingerprint density at radius 1 is 1.38 bits per heavy atom. The zero-order valence-corrected chi connectivity index (χ0v) is 18.1. The molecule has 1 atom stereocenters. The fourth-order valence-electron chi connectivity index (χ4n) is 3.48. The van der Waals surface area contributed by atoms with Gasteiger partial charge in [0.05, 0.1) is 27.4 Å². The number of hydrogen-bond donors (Lipinski definition) is 3. The third-order valence-corrected chi connectivity index (χ3v) is 5.44. The van der Waals surface area contributed by atoms with E-state index >= 15 is 0 Å². The van der Waals surface area contributed by atoms with Crippen molar-refractivity contribution >= 4 is 56.7 Å². The second-order valence-corrected chi connectivity index (χ2v) is 7.76. The van der Waals surface area contributed by atoms with Crippen molar-refractivity contribution in [3.05, 3.63) is 45.3 Å². The van der Waals surface area contributed by atoms with Crippen LogP contribution in [0.25, 0.3) is 11.0 Å². The summed E-state index contributed by atoms with van der Waals surface area (Å²) in [5.41, 5.74) is 8.26. The Labute approximate surface area is 181 Å². The SMILES string of the molecule is Cl.Cn1cc(C(=O)Nc2c[nH]c3ncc(Br)c(N4CCC[C@@H](N)C4)c23)ncc1=O. The number of fused-ring (bicyclic) bond motifs is 1. The Bertz CT molecular complexity index is 1110. The average molecular weight is 483 g/mol. The zero-order chi connectivity index (χ0) is 19.8. The second kappa shape index (κ2) is 8.52. The molecule has 0 spiro atoms. The van der Waals surface area contributed by atoms with Crippen molar-refractivity contribution < 1.29 is 4.79 Å². The van der Waals surface area contributed by atoms with Gasteiger partial charge in [0.25, 0.3) is 11.5 Å². The van der Waals surface area contributed by atoms with Crippen LogP contribution in [0.1, 0.15) is 23.3 Å². The Balaban J connectivity index is 0.00000240. The molecular formula is C18H21BrClN7O2. The lowest BCUT2D eigenvalue weighted by Gasteiger charge is -2.33. The molecule has 0 unspecified atom stereocenters. The van der Waals surface area contributed by atoms with Gasteiger partial charge in [-0.15, -0.1) is 12.4 Å². The number of nitrogens with zero attached hydrogens (tertiary/aromatic N) is 4. The first-order chi connectivity index (χ1) is 13.4. The van der Waals surface area contributed by atoms with Gasteiger partial charge in [0, 0.05) is 44.8 Å². The lowest BCUT2D eigenvalue weighted by molar-refractivity contribution is 0.102. The summed E-state index contributed by atoms with van der Waals surface area (Å²) in [7, 11) is 1.57. The molecule has 9 nitrogen and oxygen atoms in total. The van der Waals surface area contributed by atoms with E-state index in [4.69, 9.17) is 5.73 Å².